The molecule has 0 saturated carbocycles. The standard InChI is InChI=1S/C17H11Cl2N3OS/c18-10-5-6-13(12(19)7-10)20-16(23)8-11-9-24-17-21-14-3-1-2-4-15(14)22(11)17/h1-7,9H,8H2,(H,20,23). The molecular weight excluding hydrogens is 365 g/mol. The fourth-order valence-electron chi connectivity index (χ4n) is 2.60. The van der Waals surface area contributed by atoms with Crippen molar-refractivity contribution in [2.75, 3.05) is 5.32 Å². The van der Waals surface area contributed by atoms with Crippen molar-refractivity contribution in [2.24, 2.45) is 0 Å². The molecule has 4 aromatic rings. The summed E-state index contributed by atoms with van der Waals surface area (Å²) in [7, 11) is 0. The van der Waals surface area contributed by atoms with Gasteiger partial charge in [-0.05, 0) is 30.3 Å². The molecule has 0 bridgehead atoms. The van der Waals surface area contributed by atoms with Crippen LogP contribution >= 0.6 is 34.5 Å². The number of anilines is 1. The Morgan fingerprint density at radius 1 is 1.21 bits per heavy atom. The molecule has 120 valence electrons. The summed E-state index contributed by atoms with van der Waals surface area (Å²) in [5.74, 6) is -0.142. The van der Waals surface area contributed by atoms with Gasteiger partial charge in [0.2, 0.25) is 5.91 Å². The number of halogens is 2. The summed E-state index contributed by atoms with van der Waals surface area (Å²) < 4.78 is 2.02. The van der Waals surface area contributed by atoms with E-state index in [1.807, 2.05) is 34.0 Å². The first-order valence-corrected chi connectivity index (χ1v) is 8.84. The van der Waals surface area contributed by atoms with Crippen LogP contribution in [-0.2, 0) is 11.2 Å². The Labute approximate surface area is 151 Å². The van der Waals surface area contributed by atoms with Crippen LogP contribution in [0.3, 0.4) is 0 Å². The number of hydrogen-bond donors (Lipinski definition) is 1. The summed E-state index contributed by atoms with van der Waals surface area (Å²) in [5, 5.41) is 5.72. The number of imidazole rings is 1. The fraction of sp³-hybridized carbons (Fsp3) is 0.0588. The monoisotopic (exact) mass is 375 g/mol. The van der Waals surface area contributed by atoms with Gasteiger partial charge >= 0.3 is 0 Å². The third-order valence-corrected chi connectivity index (χ3v) is 5.09. The molecule has 1 amide bonds. The summed E-state index contributed by atoms with van der Waals surface area (Å²) in [6.07, 6.45) is 0.235. The number of para-hydroxylation sites is 2. The van der Waals surface area contributed by atoms with Crippen molar-refractivity contribution in [1.82, 2.24) is 9.38 Å². The van der Waals surface area contributed by atoms with Gasteiger partial charge in [0.05, 0.1) is 28.2 Å². The van der Waals surface area contributed by atoms with Crippen molar-refractivity contribution in [3.8, 4) is 0 Å². The van der Waals surface area contributed by atoms with E-state index in [4.69, 9.17) is 23.2 Å². The lowest BCUT2D eigenvalue weighted by atomic mass is 10.2. The number of nitrogens with one attached hydrogen (secondary N) is 1. The summed E-state index contributed by atoms with van der Waals surface area (Å²) in [4.78, 5) is 17.8. The first kappa shape index (κ1) is 15.4. The largest absolute Gasteiger partial charge is 0.324 e. The van der Waals surface area contributed by atoms with E-state index in [1.54, 1.807) is 18.2 Å². The van der Waals surface area contributed by atoms with Gasteiger partial charge in [-0.2, -0.15) is 0 Å². The van der Waals surface area contributed by atoms with Crippen molar-refractivity contribution in [2.45, 2.75) is 6.42 Å². The van der Waals surface area contributed by atoms with E-state index in [9.17, 15) is 4.79 Å². The average Bonchev–Trinajstić information content (AvgIpc) is 3.10. The number of nitrogens with zero attached hydrogens (tertiary/aromatic N) is 2. The molecule has 24 heavy (non-hydrogen) atoms. The predicted octanol–water partition coefficient (Wildman–Crippen LogP) is 5.04. The van der Waals surface area contributed by atoms with Gasteiger partial charge in [-0.15, -0.1) is 11.3 Å². The van der Waals surface area contributed by atoms with Crippen LogP contribution in [0.15, 0.2) is 47.8 Å². The molecule has 2 aromatic heterocycles. The molecule has 0 unspecified atom stereocenters. The molecule has 0 spiro atoms. The quantitative estimate of drug-likeness (QED) is 0.545. The van der Waals surface area contributed by atoms with Gasteiger partial charge in [0.25, 0.3) is 0 Å². The van der Waals surface area contributed by atoms with Crippen LogP contribution in [0.25, 0.3) is 16.0 Å². The summed E-state index contributed by atoms with van der Waals surface area (Å²) in [5.41, 5.74) is 3.37. The maximum atomic E-state index is 12.4. The van der Waals surface area contributed by atoms with Gasteiger partial charge < -0.3 is 5.32 Å². The van der Waals surface area contributed by atoms with E-state index in [2.05, 4.69) is 10.3 Å². The minimum Gasteiger partial charge on any atom is -0.324 e. The lowest BCUT2D eigenvalue weighted by molar-refractivity contribution is -0.115. The number of carbonyl (C=O) groups excluding carboxylic acids is 1. The number of rotatable bonds is 3. The lowest BCUT2D eigenvalue weighted by Crippen LogP contribution is -2.15. The van der Waals surface area contributed by atoms with Crippen LogP contribution < -0.4 is 5.32 Å². The molecule has 1 N–H and O–H groups in total. The minimum absolute atomic E-state index is 0.142. The lowest BCUT2D eigenvalue weighted by Gasteiger charge is -2.07. The Morgan fingerprint density at radius 3 is 2.88 bits per heavy atom. The minimum atomic E-state index is -0.142. The molecular formula is C17H11Cl2N3OS. The van der Waals surface area contributed by atoms with Crippen molar-refractivity contribution in [3.05, 3.63) is 63.6 Å². The SMILES string of the molecule is O=C(Cc1csc2nc3ccccc3n12)Nc1ccc(Cl)cc1Cl. The maximum Gasteiger partial charge on any atom is 0.230 e. The highest BCUT2D eigenvalue weighted by molar-refractivity contribution is 7.15. The van der Waals surface area contributed by atoms with Gasteiger partial charge in [-0.3, -0.25) is 9.20 Å². The summed E-state index contributed by atoms with van der Waals surface area (Å²) >= 11 is 13.5. The molecule has 0 aliphatic rings. The van der Waals surface area contributed by atoms with Gasteiger partial charge in [0.1, 0.15) is 0 Å². The Kier molecular flexibility index (Phi) is 3.92. The fourth-order valence-corrected chi connectivity index (χ4v) is 3.96. The second-order valence-corrected chi connectivity index (χ2v) is 6.97. The number of carbonyl (C=O) groups is 1. The van der Waals surface area contributed by atoms with Crippen LogP contribution in [-0.4, -0.2) is 15.3 Å². The van der Waals surface area contributed by atoms with Crippen molar-refractivity contribution < 1.29 is 4.79 Å². The molecule has 0 atom stereocenters. The smallest absolute Gasteiger partial charge is 0.230 e. The Hall–Kier alpha value is -2.08. The van der Waals surface area contributed by atoms with Crippen LogP contribution in [0.2, 0.25) is 10.0 Å². The van der Waals surface area contributed by atoms with E-state index in [1.165, 1.54) is 11.3 Å². The van der Waals surface area contributed by atoms with Gasteiger partial charge in [-0.25, -0.2) is 4.98 Å². The summed E-state index contributed by atoms with van der Waals surface area (Å²) in [6.45, 7) is 0. The molecule has 4 nitrogen and oxygen atoms in total. The Bertz CT molecular complexity index is 1070. The van der Waals surface area contributed by atoms with E-state index in [0.717, 1.165) is 21.7 Å². The maximum absolute atomic E-state index is 12.4. The second-order valence-electron chi connectivity index (χ2n) is 5.29. The highest BCUT2D eigenvalue weighted by Gasteiger charge is 2.14. The zero-order valence-corrected chi connectivity index (χ0v) is 14.6. The zero-order valence-electron chi connectivity index (χ0n) is 12.3. The Balaban J connectivity index is 1.63. The second kappa shape index (κ2) is 6.09. The number of amides is 1. The number of benzene rings is 2. The first-order valence-electron chi connectivity index (χ1n) is 7.20. The first-order chi connectivity index (χ1) is 11.6. The van der Waals surface area contributed by atoms with Crippen molar-refractivity contribution in [3.63, 3.8) is 0 Å². The molecule has 0 radical (unpaired) electrons. The molecule has 7 heteroatoms. The third kappa shape index (κ3) is 2.75. The number of fused-ring (bicyclic) bond motifs is 3. The molecule has 2 aromatic carbocycles. The normalized spacial score (nSPS) is 11.2. The highest BCUT2D eigenvalue weighted by Crippen LogP contribution is 2.27. The van der Waals surface area contributed by atoms with Gasteiger partial charge in [-0.1, -0.05) is 35.3 Å². The van der Waals surface area contributed by atoms with Crippen molar-refractivity contribution in [1.29, 1.82) is 0 Å². The van der Waals surface area contributed by atoms with Crippen LogP contribution in [0, 0.1) is 0 Å². The molecule has 0 aliphatic heterocycles. The predicted molar refractivity (Wildman–Crippen MR) is 99.4 cm³/mol. The highest BCUT2D eigenvalue weighted by atomic mass is 35.5. The molecule has 0 saturated heterocycles. The zero-order chi connectivity index (χ0) is 16.7. The van der Waals surface area contributed by atoms with Gasteiger partial charge in [0.15, 0.2) is 4.96 Å². The topological polar surface area (TPSA) is 46.4 Å². The van der Waals surface area contributed by atoms with E-state index >= 15 is 0 Å². The number of thiazole rings is 1. The van der Waals surface area contributed by atoms with Gasteiger partial charge in [0, 0.05) is 16.1 Å². The summed E-state index contributed by atoms with van der Waals surface area (Å²) in [6, 6.07) is 12.9. The van der Waals surface area contributed by atoms with E-state index < -0.39 is 0 Å². The number of aromatic nitrogens is 2. The molecule has 0 fully saturated rings. The van der Waals surface area contributed by atoms with Crippen LogP contribution in [0.1, 0.15) is 5.69 Å². The molecule has 4 rings (SSSR count). The van der Waals surface area contributed by atoms with Crippen LogP contribution in [0.4, 0.5) is 5.69 Å². The third-order valence-electron chi connectivity index (χ3n) is 3.66. The number of hydrogen-bond acceptors (Lipinski definition) is 3. The van der Waals surface area contributed by atoms with E-state index in [-0.39, 0.29) is 12.3 Å². The molecule has 0 aliphatic carbocycles. The average molecular weight is 376 g/mol. The van der Waals surface area contributed by atoms with Crippen LogP contribution in [0.5, 0.6) is 0 Å². The Morgan fingerprint density at radius 2 is 2.04 bits per heavy atom. The van der Waals surface area contributed by atoms with E-state index in [0.29, 0.717) is 15.7 Å². The molecule has 2 heterocycles. The van der Waals surface area contributed by atoms with Crippen molar-refractivity contribution >= 4 is 62.1 Å².